The Morgan fingerprint density at radius 1 is 1.19 bits per heavy atom. The number of nitrogens with one attached hydrogen (secondary N) is 1. The molecular formula is C19H23ClN2O4S. The van der Waals surface area contributed by atoms with E-state index in [1.54, 1.807) is 12.1 Å². The summed E-state index contributed by atoms with van der Waals surface area (Å²) in [4.78, 5) is 12.9. The minimum Gasteiger partial charge on any atom is -0.495 e. The Morgan fingerprint density at radius 2 is 1.78 bits per heavy atom. The average Bonchev–Trinajstić information content (AvgIpc) is 2.57. The fraction of sp³-hybridized carbons (Fsp3) is 0.316. The highest BCUT2D eigenvalue weighted by Gasteiger charge is 2.31. The van der Waals surface area contributed by atoms with Gasteiger partial charge in [0, 0.05) is 10.7 Å². The Hall–Kier alpha value is -2.25. The van der Waals surface area contributed by atoms with Crippen molar-refractivity contribution in [2.24, 2.45) is 0 Å². The molecule has 1 unspecified atom stereocenters. The SMILES string of the molecule is COc1ccc(Cl)cc1N(C(C)C(=O)Nc1c(C)cccc1C)S(C)(=O)=O. The van der Waals surface area contributed by atoms with E-state index in [0.717, 1.165) is 21.7 Å². The van der Waals surface area contributed by atoms with Crippen molar-refractivity contribution in [1.29, 1.82) is 0 Å². The molecule has 0 saturated heterocycles. The number of carbonyl (C=O) groups is 1. The zero-order chi connectivity index (χ0) is 20.4. The standard InChI is InChI=1S/C19H23ClN2O4S/c1-12-7-6-8-13(2)18(12)21-19(23)14(3)22(27(5,24)25)16-11-15(20)9-10-17(16)26-4/h6-11,14H,1-5H3,(H,21,23). The first-order valence-corrected chi connectivity index (χ1v) is 10.5. The average molecular weight is 411 g/mol. The molecule has 1 atom stereocenters. The van der Waals surface area contributed by atoms with Gasteiger partial charge >= 0.3 is 0 Å². The molecular weight excluding hydrogens is 388 g/mol. The van der Waals surface area contributed by atoms with Crippen LogP contribution in [0.15, 0.2) is 36.4 Å². The van der Waals surface area contributed by atoms with Crippen LogP contribution in [-0.2, 0) is 14.8 Å². The number of methoxy groups -OCH3 is 1. The number of para-hydroxylation sites is 1. The van der Waals surface area contributed by atoms with Gasteiger partial charge in [-0.2, -0.15) is 0 Å². The molecule has 0 aliphatic carbocycles. The minimum atomic E-state index is -3.79. The highest BCUT2D eigenvalue weighted by molar-refractivity contribution is 7.92. The summed E-state index contributed by atoms with van der Waals surface area (Å²) >= 11 is 6.05. The molecule has 0 spiro atoms. The third-order valence-electron chi connectivity index (χ3n) is 4.20. The van der Waals surface area contributed by atoms with Gasteiger partial charge in [-0.1, -0.05) is 29.8 Å². The molecule has 8 heteroatoms. The Labute approximate surface area is 165 Å². The van der Waals surface area contributed by atoms with E-state index in [1.807, 2.05) is 32.0 Å². The number of halogens is 1. The number of benzene rings is 2. The van der Waals surface area contributed by atoms with Crippen LogP contribution in [0.2, 0.25) is 5.02 Å². The molecule has 0 aliphatic heterocycles. The first-order chi connectivity index (χ1) is 12.6. The molecule has 2 aromatic carbocycles. The number of sulfonamides is 1. The lowest BCUT2D eigenvalue weighted by Gasteiger charge is -2.29. The van der Waals surface area contributed by atoms with Gasteiger partial charge < -0.3 is 10.1 Å². The monoisotopic (exact) mass is 410 g/mol. The quantitative estimate of drug-likeness (QED) is 0.786. The molecule has 0 saturated carbocycles. The molecule has 27 heavy (non-hydrogen) atoms. The molecule has 2 rings (SSSR count). The molecule has 1 N–H and O–H groups in total. The van der Waals surface area contributed by atoms with E-state index in [0.29, 0.717) is 16.5 Å². The topological polar surface area (TPSA) is 75.7 Å². The van der Waals surface area contributed by atoms with E-state index in [4.69, 9.17) is 16.3 Å². The normalized spacial score (nSPS) is 12.4. The van der Waals surface area contributed by atoms with Gasteiger partial charge in [0.15, 0.2) is 0 Å². The van der Waals surface area contributed by atoms with Crippen LogP contribution in [0.3, 0.4) is 0 Å². The minimum absolute atomic E-state index is 0.205. The van der Waals surface area contributed by atoms with Crippen LogP contribution in [0, 0.1) is 13.8 Å². The van der Waals surface area contributed by atoms with Gasteiger partial charge in [0.1, 0.15) is 11.8 Å². The fourth-order valence-corrected chi connectivity index (χ4v) is 4.19. The third-order valence-corrected chi connectivity index (χ3v) is 5.66. The summed E-state index contributed by atoms with van der Waals surface area (Å²) in [5.74, 6) is -0.156. The van der Waals surface area contributed by atoms with Crippen molar-refractivity contribution in [3.8, 4) is 5.75 Å². The van der Waals surface area contributed by atoms with Gasteiger partial charge in [-0.15, -0.1) is 0 Å². The Kier molecular flexibility index (Phi) is 6.38. The van der Waals surface area contributed by atoms with Gasteiger partial charge in [-0.3, -0.25) is 9.10 Å². The zero-order valence-electron chi connectivity index (χ0n) is 15.9. The van der Waals surface area contributed by atoms with Crippen LogP contribution in [0.1, 0.15) is 18.1 Å². The van der Waals surface area contributed by atoms with E-state index in [2.05, 4.69) is 5.32 Å². The Bertz CT molecular complexity index is 940. The second-order valence-corrected chi connectivity index (χ2v) is 8.60. The number of carbonyl (C=O) groups excluding carboxylic acids is 1. The van der Waals surface area contributed by atoms with Crippen LogP contribution in [0.5, 0.6) is 5.75 Å². The molecule has 2 aromatic rings. The van der Waals surface area contributed by atoms with Crippen molar-refractivity contribution in [3.05, 3.63) is 52.5 Å². The maximum Gasteiger partial charge on any atom is 0.248 e. The number of aryl methyl sites for hydroxylation is 2. The van der Waals surface area contributed by atoms with E-state index in [9.17, 15) is 13.2 Å². The van der Waals surface area contributed by atoms with Gasteiger partial charge in [0.2, 0.25) is 15.9 Å². The molecule has 0 heterocycles. The lowest BCUT2D eigenvalue weighted by molar-refractivity contribution is -0.116. The summed E-state index contributed by atoms with van der Waals surface area (Å²) in [7, 11) is -2.37. The van der Waals surface area contributed by atoms with Crippen molar-refractivity contribution in [2.45, 2.75) is 26.8 Å². The lowest BCUT2D eigenvalue weighted by atomic mass is 10.1. The van der Waals surface area contributed by atoms with Gasteiger partial charge in [0.25, 0.3) is 0 Å². The van der Waals surface area contributed by atoms with Gasteiger partial charge in [-0.05, 0) is 50.1 Å². The number of rotatable bonds is 6. The summed E-state index contributed by atoms with van der Waals surface area (Å²) in [5.41, 5.74) is 2.65. The molecule has 1 amide bonds. The second kappa shape index (κ2) is 8.19. The van der Waals surface area contributed by atoms with Crippen LogP contribution in [-0.4, -0.2) is 33.7 Å². The Morgan fingerprint density at radius 3 is 2.30 bits per heavy atom. The number of ether oxygens (including phenoxy) is 1. The van der Waals surface area contributed by atoms with E-state index in [1.165, 1.54) is 20.1 Å². The number of hydrogen-bond donors (Lipinski definition) is 1. The lowest BCUT2D eigenvalue weighted by Crippen LogP contribution is -2.45. The summed E-state index contributed by atoms with van der Waals surface area (Å²) in [6, 6.07) is 9.24. The van der Waals surface area contributed by atoms with Crippen molar-refractivity contribution in [3.63, 3.8) is 0 Å². The maximum atomic E-state index is 12.9. The highest BCUT2D eigenvalue weighted by Crippen LogP contribution is 2.34. The van der Waals surface area contributed by atoms with Gasteiger partial charge in [-0.25, -0.2) is 8.42 Å². The van der Waals surface area contributed by atoms with Crippen molar-refractivity contribution in [2.75, 3.05) is 23.0 Å². The molecule has 0 fully saturated rings. The predicted octanol–water partition coefficient (Wildman–Crippen LogP) is 3.76. The first kappa shape index (κ1) is 21.1. The summed E-state index contributed by atoms with van der Waals surface area (Å²) in [6.07, 6.45) is 1.04. The fourth-order valence-electron chi connectivity index (χ4n) is 2.86. The van der Waals surface area contributed by atoms with Crippen molar-refractivity contribution < 1.29 is 17.9 Å². The zero-order valence-corrected chi connectivity index (χ0v) is 17.5. The number of hydrogen-bond acceptors (Lipinski definition) is 4. The molecule has 0 aliphatic rings. The van der Waals surface area contributed by atoms with Crippen molar-refractivity contribution in [1.82, 2.24) is 0 Å². The molecule has 6 nitrogen and oxygen atoms in total. The van der Waals surface area contributed by atoms with Crippen LogP contribution in [0.4, 0.5) is 11.4 Å². The summed E-state index contributed by atoms with van der Waals surface area (Å²) in [5, 5.41) is 3.17. The first-order valence-electron chi connectivity index (χ1n) is 8.26. The number of anilines is 2. The smallest absolute Gasteiger partial charge is 0.248 e. The van der Waals surface area contributed by atoms with Crippen molar-refractivity contribution >= 4 is 38.9 Å². The molecule has 0 radical (unpaired) electrons. The molecule has 0 bridgehead atoms. The molecule has 0 aromatic heterocycles. The second-order valence-electron chi connectivity index (χ2n) is 6.31. The van der Waals surface area contributed by atoms with E-state index < -0.39 is 22.0 Å². The highest BCUT2D eigenvalue weighted by atomic mass is 35.5. The molecule has 146 valence electrons. The maximum absolute atomic E-state index is 12.9. The van der Waals surface area contributed by atoms with Gasteiger partial charge in [0.05, 0.1) is 19.1 Å². The Balaban J connectivity index is 2.46. The van der Waals surface area contributed by atoms with E-state index >= 15 is 0 Å². The largest absolute Gasteiger partial charge is 0.495 e. The van der Waals surface area contributed by atoms with Crippen LogP contribution in [0.25, 0.3) is 0 Å². The summed E-state index contributed by atoms with van der Waals surface area (Å²) in [6.45, 7) is 5.27. The third kappa shape index (κ3) is 4.73. The predicted molar refractivity (Wildman–Crippen MR) is 109 cm³/mol. The number of amides is 1. The van der Waals surface area contributed by atoms with Crippen LogP contribution >= 0.6 is 11.6 Å². The summed E-state index contributed by atoms with van der Waals surface area (Å²) < 4.78 is 31.3. The van der Waals surface area contributed by atoms with Crippen LogP contribution < -0.4 is 14.4 Å². The van der Waals surface area contributed by atoms with E-state index in [-0.39, 0.29) is 5.69 Å². The number of nitrogens with zero attached hydrogens (tertiary/aromatic N) is 1.